The first kappa shape index (κ1) is 29.1. The van der Waals surface area contributed by atoms with Crippen LogP contribution in [0.3, 0.4) is 0 Å². The average molecular weight is 580 g/mol. The van der Waals surface area contributed by atoms with E-state index in [-0.39, 0.29) is 24.6 Å². The number of ketones is 2. The first-order valence-corrected chi connectivity index (χ1v) is 13.3. The Hall–Kier alpha value is -3.42. The Bertz CT molecular complexity index is 1430. The molecule has 0 aromatic heterocycles. The van der Waals surface area contributed by atoms with Gasteiger partial charge in [-0.05, 0) is 76.4 Å². The summed E-state index contributed by atoms with van der Waals surface area (Å²) in [6.45, 7) is 2.41. The highest BCUT2D eigenvalue weighted by atomic mass is 19.4. The number of hydrogen-bond acceptors (Lipinski definition) is 9. The van der Waals surface area contributed by atoms with Crippen LogP contribution in [0.4, 0.5) is 13.2 Å². The topological polar surface area (TPSA) is 165 Å². The van der Waals surface area contributed by atoms with E-state index >= 15 is 0 Å². The number of aliphatic hydroxyl groups excluding tert-OH is 2. The van der Waals surface area contributed by atoms with Gasteiger partial charge in [0.25, 0.3) is 5.91 Å². The van der Waals surface area contributed by atoms with Gasteiger partial charge < -0.3 is 26.2 Å². The number of carbonyl (C=O) groups excluding carboxylic acids is 3. The number of phenolic OH excluding ortho intramolecular Hbond substituents is 1. The van der Waals surface area contributed by atoms with Crippen LogP contribution in [0.5, 0.6) is 5.75 Å². The number of fused-ring (bicyclic) bond motifs is 3. The van der Waals surface area contributed by atoms with Crippen LogP contribution in [0.2, 0.25) is 0 Å². The Morgan fingerprint density at radius 3 is 2.41 bits per heavy atom. The van der Waals surface area contributed by atoms with Gasteiger partial charge in [0.2, 0.25) is 5.78 Å². The molecule has 0 bridgehead atoms. The number of halogens is 3. The molecule has 1 aromatic rings. The fourth-order valence-electron chi connectivity index (χ4n) is 7.31. The third kappa shape index (κ3) is 4.16. The highest BCUT2D eigenvalue weighted by Gasteiger charge is 2.63. The van der Waals surface area contributed by atoms with Crippen molar-refractivity contribution in [3.63, 3.8) is 0 Å². The summed E-state index contributed by atoms with van der Waals surface area (Å²) < 4.78 is 43.9. The van der Waals surface area contributed by atoms with Gasteiger partial charge in [0.15, 0.2) is 11.4 Å². The Labute approximate surface area is 233 Å². The fraction of sp³-hybridized carbons (Fsp3) is 0.536. The highest BCUT2D eigenvalue weighted by molar-refractivity contribution is 6.24. The highest BCUT2D eigenvalue weighted by Crippen LogP contribution is 2.54. The van der Waals surface area contributed by atoms with Gasteiger partial charge in [-0.25, -0.2) is 0 Å². The quantitative estimate of drug-likeness (QED) is 0.336. The van der Waals surface area contributed by atoms with Gasteiger partial charge in [-0.15, -0.1) is 0 Å². The zero-order valence-electron chi connectivity index (χ0n) is 22.7. The first-order valence-electron chi connectivity index (χ1n) is 13.3. The normalized spacial score (nSPS) is 30.5. The van der Waals surface area contributed by atoms with Gasteiger partial charge in [0.1, 0.15) is 22.8 Å². The molecule has 0 saturated carbocycles. The molecule has 5 atom stereocenters. The number of carbonyl (C=O) groups is 3. The third-order valence-electron chi connectivity index (χ3n) is 9.15. The fourth-order valence-corrected chi connectivity index (χ4v) is 7.31. The summed E-state index contributed by atoms with van der Waals surface area (Å²) in [5, 5.41) is 44.6. The van der Waals surface area contributed by atoms with Crippen molar-refractivity contribution in [3.05, 3.63) is 51.0 Å². The van der Waals surface area contributed by atoms with Crippen LogP contribution in [-0.2, 0) is 28.7 Å². The summed E-state index contributed by atoms with van der Waals surface area (Å²) in [5.74, 6) is -8.94. The van der Waals surface area contributed by atoms with Crippen LogP contribution in [-0.4, -0.2) is 86.0 Å². The van der Waals surface area contributed by atoms with Gasteiger partial charge in [-0.3, -0.25) is 24.2 Å². The van der Waals surface area contributed by atoms with Crippen LogP contribution >= 0.6 is 0 Å². The summed E-state index contributed by atoms with van der Waals surface area (Å²) in [6.07, 6.45) is -3.96. The monoisotopic (exact) mass is 579 g/mol. The maximum absolute atomic E-state index is 14.6. The summed E-state index contributed by atoms with van der Waals surface area (Å²) >= 11 is 0. The van der Waals surface area contributed by atoms with Crippen LogP contribution in [0.1, 0.15) is 53.2 Å². The average Bonchev–Trinajstić information content (AvgIpc) is 3.24. The molecule has 1 heterocycles. The van der Waals surface area contributed by atoms with Crippen molar-refractivity contribution in [1.29, 1.82) is 0 Å². The van der Waals surface area contributed by atoms with Crippen LogP contribution < -0.4 is 5.73 Å². The number of hydrogen-bond donors (Lipinski definition) is 5. The number of aromatic hydroxyl groups is 1. The van der Waals surface area contributed by atoms with Crippen LogP contribution in [0, 0.1) is 11.8 Å². The van der Waals surface area contributed by atoms with E-state index in [4.69, 9.17) is 5.73 Å². The molecule has 1 saturated heterocycles. The van der Waals surface area contributed by atoms with E-state index in [1.54, 1.807) is 0 Å². The molecule has 10 nitrogen and oxygen atoms in total. The second-order valence-corrected chi connectivity index (χ2v) is 11.7. The smallest absolute Gasteiger partial charge is 0.417 e. The minimum atomic E-state index is -4.88. The van der Waals surface area contributed by atoms with Gasteiger partial charge >= 0.3 is 6.18 Å². The third-order valence-corrected chi connectivity index (χ3v) is 9.15. The van der Waals surface area contributed by atoms with Crippen molar-refractivity contribution in [3.8, 4) is 5.75 Å². The second-order valence-electron chi connectivity index (χ2n) is 11.7. The molecule has 222 valence electrons. The predicted octanol–water partition coefficient (Wildman–Crippen LogP) is 2.12. The molecule has 1 aromatic carbocycles. The first-order chi connectivity index (χ1) is 19.0. The predicted molar refractivity (Wildman–Crippen MR) is 138 cm³/mol. The van der Waals surface area contributed by atoms with Gasteiger partial charge in [-0.1, -0.05) is 0 Å². The Morgan fingerprint density at radius 2 is 1.88 bits per heavy atom. The molecule has 1 amide bonds. The number of rotatable bonds is 4. The van der Waals surface area contributed by atoms with Crippen LogP contribution in [0.15, 0.2) is 28.7 Å². The molecule has 0 spiro atoms. The number of alkyl halides is 3. The lowest BCUT2D eigenvalue weighted by atomic mass is 9.58. The van der Waals surface area contributed by atoms with E-state index in [1.807, 2.05) is 11.8 Å². The summed E-state index contributed by atoms with van der Waals surface area (Å²) in [4.78, 5) is 42.4. The molecule has 5 rings (SSSR count). The van der Waals surface area contributed by atoms with E-state index in [2.05, 4.69) is 0 Å². The molecule has 3 aliphatic carbocycles. The van der Waals surface area contributed by atoms with Crippen molar-refractivity contribution in [2.24, 2.45) is 17.6 Å². The molecular weight excluding hydrogens is 547 g/mol. The largest absolute Gasteiger partial charge is 0.510 e. The number of Topliss-reactive ketones (excluding diaryl/α,β-unsaturated/α-hetero) is 2. The van der Waals surface area contributed by atoms with Gasteiger partial charge in [0, 0.05) is 24.1 Å². The minimum Gasteiger partial charge on any atom is -0.510 e. The van der Waals surface area contributed by atoms with Crippen molar-refractivity contribution in [1.82, 2.24) is 9.80 Å². The van der Waals surface area contributed by atoms with Crippen molar-refractivity contribution in [2.75, 3.05) is 20.6 Å². The summed E-state index contributed by atoms with van der Waals surface area (Å²) in [6, 6.07) is -0.280. The van der Waals surface area contributed by atoms with E-state index < -0.39 is 98.7 Å². The number of phenols is 1. The summed E-state index contributed by atoms with van der Waals surface area (Å²) in [5.41, 5.74) is -1.30. The number of nitrogens with two attached hydrogens (primary N) is 1. The number of aliphatic hydroxyl groups is 3. The maximum atomic E-state index is 14.6. The minimum absolute atomic E-state index is 0.0382. The summed E-state index contributed by atoms with van der Waals surface area (Å²) in [7, 11) is 2.94. The molecule has 1 aliphatic heterocycles. The Kier molecular flexibility index (Phi) is 6.79. The van der Waals surface area contributed by atoms with Gasteiger partial charge in [-0.2, -0.15) is 13.2 Å². The molecule has 6 N–H and O–H groups in total. The number of primary amides is 1. The Balaban J connectivity index is 1.70. The molecule has 0 radical (unpaired) electrons. The van der Waals surface area contributed by atoms with E-state index in [0.29, 0.717) is 6.54 Å². The number of benzene rings is 1. The molecule has 0 unspecified atom stereocenters. The molecule has 1 fully saturated rings. The lowest BCUT2D eigenvalue weighted by Gasteiger charge is -2.50. The molecular formula is C28H32F3N3O7. The SMILES string of the molecule is C[C@@H]1CCCN1Cc1cc(O)c2c(c1C(F)(F)F)C[C@H]1C[C@H]3[C@H](N(C)C)C(O)=C(C(N)=O)C(=O)[C@@]3(O)C(O)=C1C2=O. The molecule has 41 heavy (non-hydrogen) atoms. The second kappa shape index (κ2) is 9.57. The number of amides is 1. The van der Waals surface area contributed by atoms with E-state index in [0.717, 1.165) is 18.9 Å². The van der Waals surface area contributed by atoms with Gasteiger partial charge in [0.05, 0.1) is 17.2 Å². The molecule has 4 aliphatic rings. The van der Waals surface area contributed by atoms with Crippen molar-refractivity contribution < 1.29 is 48.0 Å². The lowest BCUT2D eigenvalue weighted by molar-refractivity contribution is -0.148. The van der Waals surface area contributed by atoms with E-state index in [1.165, 1.54) is 19.0 Å². The molecule has 13 heteroatoms. The number of likely N-dealkylation sites (N-methyl/N-ethyl adjacent to an activating group) is 1. The zero-order valence-corrected chi connectivity index (χ0v) is 22.7. The number of allylic oxidation sites excluding steroid dienone is 1. The van der Waals surface area contributed by atoms with Crippen molar-refractivity contribution >= 4 is 17.5 Å². The number of likely N-dealkylation sites (tertiary alicyclic amines) is 1. The number of nitrogens with zero attached hydrogens (tertiary/aromatic N) is 2. The maximum Gasteiger partial charge on any atom is 0.417 e. The standard InChI is InChI=1S/C28H32F3N3O7/c1-11-5-4-6-34(11)10-13-9-16(35)18-14(20(13)28(29,30)31)7-12-8-15-21(33(2)3)23(37)19(26(32)40)25(39)27(15,41)24(38)17(12)22(18)36/h9,11-12,15,21,35,37-38,41H,4-8,10H2,1-3H3,(H2,32,40)/t11-,12+,15+,21+,27+/m1/s1. The van der Waals surface area contributed by atoms with Crippen LogP contribution in [0.25, 0.3) is 0 Å². The van der Waals surface area contributed by atoms with Crippen molar-refractivity contribution in [2.45, 2.75) is 63.0 Å². The van der Waals surface area contributed by atoms with E-state index in [9.17, 15) is 48.0 Å². The lowest BCUT2D eigenvalue weighted by Crippen LogP contribution is -2.63. The zero-order chi connectivity index (χ0) is 30.3. The Morgan fingerprint density at radius 1 is 1.22 bits per heavy atom.